The molecule has 0 unspecified atom stereocenters. The fourth-order valence-electron chi connectivity index (χ4n) is 2.35. The molecule has 0 saturated carbocycles. The Morgan fingerprint density at radius 2 is 1.78 bits per heavy atom. The highest BCUT2D eigenvalue weighted by Gasteiger charge is 2.15. The maximum atomic E-state index is 4.42. The topological polar surface area (TPSA) is 43.6 Å². The van der Waals surface area contributed by atoms with Gasteiger partial charge in [-0.3, -0.25) is 0 Å². The van der Waals surface area contributed by atoms with Crippen LogP contribution in [0.25, 0.3) is 0 Å². The van der Waals surface area contributed by atoms with Crippen molar-refractivity contribution in [3.8, 4) is 0 Å². The summed E-state index contributed by atoms with van der Waals surface area (Å²) in [5.41, 5.74) is 1.25. The smallest absolute Gasteiger partial charge is 0.197 e. The van der Waals surface area contributed by atoms with E-state index in [9.17, 15) is 0 Å². The lowest BCUT2D eigenvalue weighted by atomic mass is 10.1. The summed E-state index contributed by atoms with van der Waals surface area (Å²) >= 11 is 1.57. The van der Waals surface area contributed by atoms with Gasteiger partial charge in [0.25, 0.3) is 0 Å². The molecule has 2 heterocycles. The van der Waals surface area contributed by atoms with E-state index in [1.54, 1.807) is 18.0 Å². The summed E-state index contributed by atoms with van der Waals surface area (Å²) in [6, 6.07) is 16.3. The van der Waals surface area contributed by atoms with Crippen LogP contribution in [0, 0.1) is 5.92 Å². The van der Waals surface area contributed by atoms with Crippen LogP contribution in [0.3, 0.4) is 0 Å². The van der Waals surface area contributed by atoms with E-state index >= 15 is 0 Å². The maximum Gasteiger partial charge on any atom is 0.197 e. The molecular formula is C18H20N4S. The van der Waals surface area contributed by atoms with Gasteiger partial charge in [-0.05, 0) is 35.4 Å². The quantitative estimate of drug-likeness (QED) is 0.685. The van der Waals surface area contributed by atoms with Gasteiger partial charge in [0.15, 0.2) is 5.16 Å². The number of aromatic nitrogens is 4. The van der Waals surface area contributed by atoms with Crippen LogP contribution in [0.2, 0.25) is 0 Å². The lowest BCUT2D eigenvalue weighted by Gasteiger charge is -2.12. The van der Waals surface area contributed by atoms with E-state index in [0.717, 1.165) is 29.0 Å². The second-order valence-corrected chi connectivity index (χ2v) is 6.82. The van der Waals surface area contributed by atoms with Crippen molar-refractivity contribution in [1.29, 1.82) is 0 Å². The van der Waals surface area contributed by atoms with E-state index in [-0.39, 0.29) is 0 Å². The molecule has 0 N–H and O–H groups in total. The van der Waals surface area contributed by atoms with Gasteiger partial charge in [-0.1, -0.05) is 50.2 Å². The van der Waals surface area contributed by atoms with Gasteiger partial charge < -0.3 is 4.57 Å². The Morgan fingerprint density at radius 1 is 1.00 bits per heavy atom. The average Bonchev–Trinajstić information content (AvgIpc) is 2.91. The molecule has 0 radical (unpaired) electrons. The van der Waals surface area contributed by atoms with Gasteiger partial charge in [-0.25, -0.2) is 4.98 Å². The predicted octanol–water partition coefficient (Wildman–Crippen LogP) is 4.07. The minimum absolute atomic E-state index is 0.531. The van der Waals surface area contributed by atoms with Gasteiger partial charge >= 0.3 is 0 Å². The van der Waals surface area contributed by atoms with Gasteiger partial charge in [0.05, 0.1) is 0 Å². The SMILES string of the molecule is CC(C)Cn1c(Cc2ccccc2)nnc1Sc1ccccn1. The van der Waals surface area contributed by atoms with Crippen LogP contribution >= 0.6 is 11.8 Å². The van der Waals surface area contributed by atoms with Gasteiger partial charge in [-0.2, -0.15) is 0 Å². The first-order chi connectivity index (χ1) is 11.2. The van der Waals surface area contributed by atoms with Crippen molar-refractivity contribution in [3.05, 3.63) is 66.1 Å². The molecule has 0 amide bonds. The Bertz CT molecular complexity index is 679. The third-order valence-electron chi connectivity index (χ3n) is 3.38. The molecule has 2 aromatic heterocycles. The largest absolute Gasteiger partial charge is 0.305 e. The molecule has 0 aliphatic carbocycles. The molecule has 4 nitrogen and oxygen atoms in total. The van der Waals surface area contributed by atoms with E-state index in [1.807, 2.05) is 24.3 Å². The summed E-state index contributed by atoms with van der Waals surface area (Å²) in [4.78, 5) is 4.37. The summed E-state index contributed by atoms with van der Waals surface area (Å²) in [5.74, 6) is 1.53. The number of hydrogen-bond donors (Lipinski definition) is 0. The molecule has 3 rings (SSSR count). The molecule has 0 aliphatic rings. The number of nitrogens with zero attached hydrogens (tertiary/aromatic N) is 4. The zero-order valence-corrected chi connectivity index (χ0v) is 14.2. The van der Waals surface area contributed by atoms with Crippen LogP contribution in [0.4, 0.5) is 0 Å². The number of benzene rings is 1. The minimum atomic E-state index is 0.531. The molecule has 118 valence electrons. The fraction of sp³-hybridized carbons (Fsp3) is 0.278. The molecular weight excluding hydrogens is 304 g/mol. The molecule has 5 heteroatoms. The average molecular weight is 324 g/mol. The van der Waals surface area contributed by atoms with Crippen LogP contribution < -0.4 is 0 Å². The molecule has 1 aromatic carbocycles. The third kappa shape index (κ3) is 4.20. The molecule has 0 bridgehead atoms. The van der Waals surface area contributed by atoms with Crippen LogP contribution in [-0.2, 0) is 13.0 Å². The molecule has 0 spiro atoms. The zero-order chi connectivity index (χ0) is 16.1. The van der Waals surface area contributed by atoms with Crippen molar-refractivity contribution in [3.63, 3.8) is 0 Å². The molecule has 23 heavy (non-hydrogen) atoms. The predicted molar refractivity (Wildman–Crippen MR) is 92.5 cm³/mol. The zero-order valence-electron chi connectivity index (χ0n) is 13.4. The Hall–Kier alpha value is -2.14. The summed E-state index contributed by atoms with van der Waals surface area (Å²) in [5, 5.41) is 10.7. The monoisotopic (exact) mass is 324 g/mol. The van der Waals surface area contributed by atoms with Crippen molar-refractivity contribution in [2.45, 2.75) is 37.0 Å². The Labute approximate surface area is 141 Å². The highest BCUT2D eigenvalue weighted by molar-refractivity contribution is 7.99. The van der Waals surface area contributed by atoms with Crippen molar-refractivity contribution in [2.75, 3.05) is 0 Å². The van der Waals surface area contributed by atoms with Crippen LogP contribution in [0.15, 0.2) is 64.9 Å². The normalized spacial score (nSPS) is 11.1. The minimum Gasteiger partial charge on any atom is -0.305 e. The Kier molecular flexibility index (Phi) is 5.08. The van der Waals surface area contributed by atoms with E-state index in [4.69, 9.17) is 0 Å². The van der Waals surface area contributed by atoms with Crippen molar-refractivity contribution >= 4 is 11.8 Å². The first-order valence-electron chi connectivity index (χ1n) is 7.77. The lowest BCUT2D eigenvalue weighted by Crippen LogP contribution is -2.10. The summed E-state index contributed by atoms with van der Waals surface area (Å²) in [6.45, 7) is 5.33. The second-order valence-electron chi connectivity index (χ2n) is 5.84. The highest BCUT2D eigenvalue weighted by atomic mass is 32.2. The van der Waals surface area contributed by atoms with E-state index in [1.165, 1.54) is 5.56 Å². The van der Waals surface area contributed by atoms with Gasteiger partial charge in [0.2, 0.25) is 0 Å². The molecule has 0 aliphatic heterocycles. The summed E-state index contributed by atoms with van der Waals surface area (Å²) < 4.78 is 2.22. The maximum absolute atomic E-state index is 4.42. The van der Waals surface area contributed by atoms with Gasteiger partial charge in [0, 0.05) is 19.2 Å². The first kappa shape index (κ1) is 15.7. The number of rotatable bonds is 6. The standard InChI is InChI=1S/C18H20N4S/c1-14(2)13-22-16(12-15-8-4-3-5-9-15)20-21-18(22)23-17-10-6-7-11-19-17/h3-11,14H,12-13H2,1-2H3. The molecule has 0 atom stereocenters. The number of pyridine rings is 1. The van der Waals surface area contributed by atoms with Crippen LogP contribution in [-0.4, -0.2) is 19.7 Å². The molecule has 0 saturated heterocycles. The second kappa shape index (κ2) is 7.42. The fourth-order valence-corrected chi connectivity index (χ4v) is 3.17. The van der Waals surface area contributed by atoms with E-state index in [2.05, 4.69) is 57.9 Å². The number of hydrogen-bond acceptors (Lipinski definition) is 4. The lowest BCUT2D eigenvalue weighted by molar-refractivity contribution is 0.482. The van der Waals surface area contributed by atoms with E-state index < -0.39 is 0 Å². The van der Waals surface area contributed by atoms with E-state index in [0.29, 0.717) is 5.92 Å². The van der Waals surface area contributed by atoms with Gasteiger partial charge in [0.1, 0.15) is 10.9 Å². The molecule has 3 aromatic rings. The summed E-state index contributed by atoms with van der Waals surface area (Å²) in [7, 11) is 0. The third-order valence-corrected chi connectivity index (χ3v) is 4.32. The van der Waals surface area contributed by atoms with Crippen molar-refractivity contribution in [1.82, 2.24) is 19.7 Å². The van der Waals surface area contributed by atoms with Crippen molar-refractivity contribution in [2.24, 2.45) is 5.92 Å². The summed E-state index contributed by atoms with van der Waals surface area (Å²) in [6.07, 6.45) is 2.60. The van der Waals surface area contributed by atoms with Gasteiger partial charge in [-0.15, -0.1) is 10.2 Å². The Morgan fingerprint density at radius 3 is 2.48 bits per heavy atom. The van der Waals surface area contributed by atoms with Crippen molar-refractivity contribution < 1.29 is 0 Å². The Balaban J connectivity index is 1.87. The highest BCUT2D eigenvalue weighted by Crippen LogP contribution is 2.26. The molecule has 0 fully saturated rings. The van der Waals surface area contributed by atoms with Crippen LogP contribution in [0.1, 0.15) is 25.2 Å². The first-order valence-corrected chi connectivity index (χ1v) is 8.59. The van der Waals surface area contributed by atoms with Crippen LogP contribution in [0.5, 0.6) is 0 Å².